The summed E-state index contributed by atoms with van der Waals surface area (Å²) in [5.41, 5.74) is 1.39. The van der Waals surface area contributed by atoms with Crippen molar-refractivity contribution in [3.8, 4) is 5.88 Å². The molecule has 0 spiro atoms. The summed E-state index contributed by atoms with van der Waals surface area (Å²) in [5.74, 6) is -0.291. The lowest BCUT2D eigenvalue weighted by Gasteiger charge is -2.12. The van der Waals surface area contributed by atoms with Gasteiger partial charge in [-0.1, -0.05) is 18.2 Å². The lowest BCUT2D eigenvalue weighted by molar-refractivity contribution is -0.154. The van der Waals surface area contributed by atoms with Crippen molar-refractivity contribution in [2.45, 2.75) is 38.4 Å². The van der Waals surface area contributed by atoms with Crippen LogP contribution >= 0.6 is 11.3 Å². The SMILES string of the molecule is O=C(CCCCc1nc2ccccc2s1)NCc1cccnc1OCC(F)(F)F. The Hall–Kier alpha value is -2.68. The van der Waals surface area contributed by atoms with E-state index in [4.69, 9.17) is 4.74 Å². The molecule has 0 radical (unpaired) electrons. The van der Waals surface area contributed by atoms with Gasteiger partial charge in [0.05, 0.1) is 15.2 Å². The zero-order valence-corrected chi connectivity index (χ0v) is 16.4. The van der Waals surface area contributed by atoms with Gasteiger partial charge in [-0.05, 0) is 37.5 Å². The number of pyridine rings is 1. The molecule has 1 N–H and O–H groups in total. The maximum absolute atomic E-state index is 12.3. The molecular formula is C20H20F3N3O2S. The molecular weight excluding hydrogens is 403 g/mol. The number of hydrogen-bond donors (Lipinski definition) is 1. The standard InChI is InChI=1S/C20H20F3N3O2S/c21-20(22,23)13-28-19-14(6-5-11-24-19)12-25-17(27)9-3-4-10-18-26-15-7-1-2-8-16(15)29-18/h1-2,5-8,11H,3-4,9-10,12-13H2,(H,25,27). The second kappa shape index (κ2) is 9.69. The number of para-hydroxylation sites is 1. The zero-order chi connectivity index (χ0) is 20.7. The Balaban J connectivity index is 1.40. The zero-order valence-electron chi connectivity index (χ0n) is 15.5. The third-order valence-electron chi connectivity index (χ3n) is 4.08. The number of thiazole rings is 1. The number of halogens is 3. The van der Waals surface area contributed by atoms with E-state index >= 15 is 0 Å². The number of nitrogens with zero attached hydrogens (tertiary/aromatic N) is 2. The van der Waals surface area contributed by atoms with Crippen molar-refractivity contribution in [3.63, 3.8) is 0 Å². The summed E-state index contributed by atoms with van der Waals surface area (Å²) in [5, 5.41) is 3.75. The van der Waals surface area contributed by atoms with Crippen LogP contribution < -0.4 is 10.1 Å². The first-order valence-corrected chi connectivity index (χ1v) is 9.97. The van der Waals surface area contributed by atoms with Gasteiger partial charge in [0.25, 0.3) is 0 Å². The Morgan fingerprint density at radius 1 is 1.14 bits per heavy atom. The van der Waals surface area contributed by atoms with Gasteiger partial charge in [0.15, 0.2) is 6.61 Å². The van der Waals surface area contributed by atoms with E-state index in [-0.39, 0.29) is 18.3 Å². The van der Waals surface area contributed by atoms with Crippen molar-refractivity contribution in [1.82, 2.24) is 15.3 Å². The van der Waals surface area contributed by atoms with E-state index in [2.05, 4.69) is 15.3 Å². The largest absolute Gasteiger partial charge is 0.468 e. The van der Waals surface area contributed by atoms with Crippen LogP contribution in [0.2, 0.25) is 0 Å². The molecule has 154 valence electrons. The maximum atomic E-state index is 12.3. The molecule has 9 heteroatoms. The van der Waals surface area contributed by atoms with Gasteiger partial charge < -0.3 is 10.1 Å². The van der Waals surface area contributed by atoms with Gasteiger partial charge in [0.1, 0.15) is 0 Å². The van der Waals surface area contributed by atoms with Gasteiger partial charge in [-0.2, -0.15) is 13.2 Å². The number of benzene rings is 1. The van der Waals surface area contributed by atoms with E-state index in [9.17, 15) is 18.0 Å². The van der Waals surface area contributed by atoms with Gasteiger partial charge in [-0.3, -0.25) is 4.79 Å². The number of aromatic nitrogens is 2. The maximum Gasteiger partial charge on any atom is 0.422 e. The molecule has 1 aromatic carbocycles. The van der Waals surface area contributed by atoms with Crippen LogP contribution in [-0.4, -0.2) is 28.7 Å². The number of fused-ring (bicyclic) bond motifs is 1. The summed E-state index contributed by atoms with van der Waals surface area (Å²) in [6.45, 7) is -1.35. The van der Waals surface area contributed by atoms with Crippen LogP contribution in [0, 0.1) is 0 Å². The van der Waals surface area contributed by atoms with E-state index in [0.717, 1.165) is 28.1 Å². The summed E-state index contributed by atoms with van der Waals surface area (Å²) in [7, 11) is 0. The Bertz CT molecular complexity index is 926. The van der Waals surface area contributed by atoms with Crippen molar-refractivity contribution in [2.75, 3.05) is 6.61 Å². The average molecular weight is 423 g/mol. The minimum absolute atomic E-state index is 0.0672. The first-order chi connectivity index (χ1) is 13.9. The van der Waals surface area contributed by atoms with Gasteiger partial charge in [0.2, 0.25) is 11.8 Å². The fourth-order valence-corrected chi connectivity index (χ4v) is 3.72. The number of rotatable bonds is 9. The molecule has 3 rings (SSSR count). The molecule has 0 unspecified atom stereocenters. The van der Waals surface area contributed by atoms with E-state index in [1.54, 1.807) is 23.5 Å². The molecule has 0 aliphatic carbocycles. The van der Waals surface area contributed by atoms with Crippen LogP contribution in [0.5, 0.6) is 5.88 Å². The molecule has 0 atom stereocenters. The van der Waals surface area contributed by atoms with E-state index in [1.807, 2.05) is 24.3 Å². The second-order valence-corrected chi connectivity index (χ2v) is 7.55. The van der Waals surface area contributed by atoms with E-state index in [0.29, 0.717) is 18.4 Å². The fourth-order valence-electron chi connectivity index (χ4n) is 2.71. The monoisotopic (exact) mass is 423 g/mol. The number of carbonyl (C=O) groups is 1. The topological polar surface area (TPSA) is 64.1 Å². The molecule has 5 nitrogen and oxygen atoms in total. The van der Waals surface area contributed by atoms with Gasteiger partial charge in [0, 0.05) is 24.7 Å². The highest BCUT2D eigenvalue weighted by atomic mass is 32.1. The van der Waals surface area contributed by atoms with Gasteiger partial charge >= 0.3 is 6.18 Å². The molecule has 0 aliphatic rings. The third kappa shape index (κ3) is 6.70. The van der Waals surface area contributed by atoms with Gasteiger partial charge in [-0.25, -0.2) is 9.97 Å². The minimum atomic E-state index is -4.44. The quantitative estimate of drug-likeness (QED) is 0.509. The summed E-state index contributed by atoms with van der Waals surface area (Å²) in [6.07, 6.45) is -0.415. The summed E-state index contributed by atoms with van der Waals surface area (Å²) >= 11 is 1.66. The first kappa shape index (κ1) is 21.0. The van der Waals surface area contributed by atoms with Crippen molar-refractivity contribution in [1.29, 1.82) is 0 Å². The van der Waals surface area contributed by atoms with Crippen molar-refractivity contribution < 1.29 is 22.7 Å². The van der Waals surface area contributed by atoms with Crippen LogP contribution in [0.15, 0.2) is 42.6 Å². The predicted octanol–water partition coefficient (Wildman–Crippen LogP) is 4.66. The smallest absolute Gasteiger partial charge is 0.422 e. The highest BCUT2D eigenvalue weighted by Crippen LogP contribution is 2.23. The Labute approximate surface area is 169 Å². The number of amides is 1. The molecule has 2 aromatic heterocycles. The summed E-state index contributed by atoms with van der Waals surface area (Å²) in [4.78, 5) is 20.4. The average Bonchev–Trinajstić information content (AvgIpc) is 3.11. The Morgan fingerprint density at radius 3 is 2.76 bits per heavy atom. The molecule has 1 amide bonds. The normalized spacial score (nSPS) is 11.6. The number of hydrogen-bond acceptors (Lipinski definition) is 5. The molecule has 2 heterocycles. The fraction of sp³-hybridized carbons (Fsp3) is 0.350. The van der Waals surface area contributed by atoms with Crippen molar-refractivity contribution in [2.24, 2.45) is 0 Å². The lowest BCUT2D eigenvalue weighted by Crippen LogP contribution is -2.24. The van der Waals surface area contributed by atoms with Crippen molar-refractivity contribution >= 4 is 27.5 Å². The van der Waals surface area contributed by atoms with Gasteiger partial charge in [-0.15, -0.1) is 11.3 Å². The summed E-state index contributed by atoms with van der Waals surface area (Å²) < 4.78 is 42.8. The van der Waals surface area contributed by atoms with Crippen LogP contribution in [0.4, 0.5) is 13.2 Å². The molecule has 29 heavy (non-hydrogen) atoms. The number of nitrogens with one attached hydrogen (secondary N) is 1. The van der Waals surface area contributed by atoms with Crippen LogP contribution in [0.1, 0.15) is 29.8 Å². The van der Waals surface area contributed by atoms with Crippen LogP contribution in [0.3, 0.4) is 0 Å². The number of unbranched alkanes of at least 4 members (excludes halogenated alkanes) is 1. The van der Waals surface area contributed by atoms with E-state index < -0.39 is 12.8 Å². The number of ether oxygens (including phenoxy) is 1. The molecule has 0 saturated carbocycles. The highest BCUT2D eigenvalue weighted by Gasteiger charge is 2.29. The van der Waals surface area contributed by atoms with E-state index in [1.165, 1.54) is 6.20 Å². The molecule has 0 fully saturated rings. The lowest BCUT2D eigenvalue weighted by atomic mass is 10.2. The molecule has 0 aliphatic heterocycles. The summed E-state index contributed by atoms with van der Waals surface area (Å²) in [6, 6.07) is 11.1. The molecule has 0 saturated heterocycles. The Morgan fingerprint density at radius 2 is 1.97 bits per heavy atom. The highest BCUT2D eigenvalue weighted by molar-refractivity contribution is 7.18. The third-order valence-corrected chi connectivity index (χ3v) is 5.18. The van der Waals surface area contributed by atoms with Crippen molar-refractivity contribution in [3.05, 3.63) is 53.2 Å². The molecule has 3 aromatic rings. The Kier molecular flexibility index (Phi) is 7.03. The first-order valence-electron chi connectivity index (χ1n) is 9.15. The van der Waals surface area contributed by atoms with Crippen LogP contribution in [0.25, 0.3) is 10.2 Å². The predicted molar refractivity (Wildman–Crippen MR) is 105 cm³/mol. The number of aryl methyl sites for hydroxylation is 1. The second-order valence-electron chi connectivity index (χ2n) is 6.43. The molecule has 0 bridgehead atoms. The number of carbonyl (C=O) groups excluding carboxylic acids is 1. The number of alkyl halides is 3. The van der Waals surface area contributed by atoms with Crippen LogP contribution in [-0.2, 0) is 17.8 Å². The minimum Gasteiger partial charge on any atom is -0.468 e.